The topological polar surface area (TPSA) is 20.3 Å². The standard InChI is InChI=1S/C9H9N.C7H6O/c1-3-7-10-8-4-2-6-9(10)5-1;8-6-7-4-2-1-3-5-7/h1-7H,8H2;1-6H. The fourth-order valence-electron chi connectivity index (χ4n) is 1.68. The Labute approximate surface area is 107 Å². The van der Waals surface area contributed by atoms with Gasteiger partial charge in [-0.05, 0) is 18.2 Å². The van der Waals surface area contributed by atoms with Crippen LogP contribution in [0.2, 0.25) is 0 Å². The van der Waals surface area contributed by atoms with Crippen molar-refractivity contribution < 1.29 is 4.79 Å². The number of hydrogen-bond acceptors (Lipinski definition) is 2. The number of allylic oxidation sites excluding steroid dienone is 5. The van der Waals surface area contributed by atoms with Crippen LogP contribution < -0.4 is 0 Å². The van der Waals surface area contributed by atoms with Gasteiger partial charge >= 0.3 is 0 Å². The average molecular weight is 237 g/mol. The Balaban J connectivity index is 0.000000138. The lowest BCUT2D eigenvalue weighted by atomic mass is 10.2. The van der Waals surface area contributed by atoms with Crippen LogP contribution in [0.4, 0.5) is 0 Å². The number of aldehydes is 1. The van der Waals surface area contributed by atoms with Crippen LogP contribution in [0, 0.1) is 0 Å². The fourth-order valence-corrected chi connectivity index (χ4v) is 1.68. The molecule has 0 amide bonds. The number of nitrogens with zero attached hydrogens (tertiary/aromatic N) is 1. The molecule has 0 fully saturated rings. The van der Waals surface area contributed by atoms with Crippen molar-refractivity contribution in [1.29, 1.82) is 0 Å². The zero-order chi connectivity index (χ0) is 12.6. The van der Waals surface area contributed by atoms with E-state index < -0.39 is 0 Å². The molecular weight excluding hydrogens is 222 g/mol. The second-order valence-corrected chi connectivity index (χ2v) is 3.90. The zero-order valence-electron chi connectivity index (χ0n) is 10.1. The van der Waals surface area contributed by atoms with E-state index in [4.69, 9.17) is 0 Å². The Hall–Kier alpha value is -2.35. The van der Waals surface area contributed by atoms with E-state index in [1.807, 2.05) is 18.2 Å². The Bertz CT molecular complexity index is 509. The van der Waals surface area contributed by atoms with E-state index in [1.165, 1.54) is 5.70 Å². The quantitative estimate of drug-likeness (QED) is 0.698. The molecule has 90 valence electrons. The summed E-state index contributed by atoms with van der Waals surface area (Å²) in [5.41, 5.74) is 2.01. The summed E-state index contributed by atoms with van der Waals surface area (Å²) in [6, 6.07) is 9.10. The van der Waals surface area contributed by atoms with Gasteiger partial charge in [0.05, 0.1) is 0 Å². The van der Waals surface area contributed by atoms with E-state index in [0.717, 1.165) is 18.4 Å². The van der Waals surface area contributed by atoms with Crippen molar-refractivity contribution in [2.45, 2.75) is 0 Å². The van der Waals surface area contributed by atoms with Crippen molar-refractivity contribution >= 4 is 6.29 Å². The average Bonchev–Trinajstić information content (AvgIpc) is 2.49. The summed E-state index contributed by atoms with van der Waals surface area (Å²) in [4.78, 5) is 12.2. The monoisotopic (exact) mass is 237 g/mol. The van der Waals surface area contributed by atoms with Gasteiger partial charge in [-0.3, -0.25) is 4.79 Å². The van der Waals surface area contributed by atoms with Crippen molar-refractivity contribution in [2.24, 2.45) is 0 Å². The Morgan fingerprint density at radius 2 is 1.89 bits per heavy atom. The predicted octanol–water partition coefficient (Wildman–Crippen LogP) is 3.32. The smallest absolute Gasteiger partial charge is 0.150 e. The summed E-state index contributed by atoms with van der Waals surface area (Å²) in [6.07, 6.45) is 15.5. The normalized spacial score (nSPS) is 15.3. The zero-order valence-corrected chi connectivity index (χ0v) is 10.1. The van der Waals surface area contributed by atoms with E-state index >= 15 is 0 Å². The van der Waals surface area contributed by atoms with Gasteiger partial charge in [-0.15, -0.1) is 0 Å². The second-order valence-electron chi connectivity index (χ2n) is 3.90. The van der Waals surface area contributed by atoms with Crippen LogP contribution in [0.25, 0.3) is 0 Å². The molecule has 1 aromatic rings. The van der Waals surface area contributed by atoms with Gasteiger partial charge in [-0.2, -0.15) is 0 Å². The first-order valence-corrected chi connectivity index (χ1v) is 5.89. The lowest BCUT2D eigenvalue weighted by molar-refractivity contribution is 0.112. The van der Waals surface area contributed by atoms with Crippen molar-refractivity contribution in [3.63, 3.8) is 0 Å². The van der Waals surface area contributed by atoms with Crippen LogP contribution >= 0.6 is 0 Å². The van der Waals surface area contributed by atoms with Crippen molar-refractivity contribution in [3.05, 3.63) is 84.2 Å². The van der Waals surface area contributed by atoms with Crippen LogP contribution in [-0.4, -0.2) is 17.7 Å². The molecule has 0 bridgehead atoms. The summed E-state index contributed by atoms with van der Waals surface area (Å²) >= 11 is 0. The van der Waals surface area contributed by atoms with E-state index in [0.29, 0.717) is 0 Å². The molecule has 18 heavy (non-hydrogen) atoms. The van der Waals surface area contributed by atoms with Gasteiger partial charge in [0.15, 0.2) is 0 Å². The second kappa shape index (κ2) is 6.40. The minimum Gasteiger partial charge on any atom is -0.344 e. The number of carbonyl (C=O) groups excluding carboxylic acids is 1. The third-order valence-corrected chi connectivity index (χ3v) is 2.62. The molecule has 0 aliphatic carbocycles. The fraction of sp³-hybridized carbons (Fsp3) is 0.0625. The Kier molecular flexibility index (Phi) is 4.31. The molecule has 2 aliphatic heterocycles. The molecule has 0 aromatic heterocycles. The molecule has 0 spiro atoms. The number of fused-ring (bicyclic) bond motifs is 1. The number of hydrogen-bond donors (Lipinski definition) is 0. The van der Waals surface area contributed by atoms with Crippen LogP contribution in [0.1, 0.15) is 10.4 Å². The molecule has 0 saturated heterocycles. The van der Waals surface area contributed by atoms with Gasteiger partial charge in [0.2, 0.25) is 0 Å². The summed E-state index contributed by atoms with van der Waals surface area (Å²) in [5.74, 6) is 0. The number of rotatable bonds is 1. The minimum atomic E-state index is 0.729. The maximum absolute atomic E-state index is 10.0. The highest BCUT2D eigenvalue weighted by atomic mass is 16.1. The molecule has 0 radical (unpaired) electrons. The SMILES string of the molecule is C1=CCN2C=CC=CC2=C1.O=Cc1ccccc1. The molecule has 0 saturated carbocycles. The molecule has 0 unspecified atom stereocenters. The summed E-state index contributed by atoms with van der Waals surface area (Å²) in [5, 5.41) is 0. The van der Waals surface area contributed by atoms with Gasteiger partial charge in [-0.1, -0.05) is 48.6 Å². The summed E-state index contributed by atoms with van der Waals surface area (Å²) in [6.45, 7) is 1.01. The number of carbonyl (C=O) groups is 1. The maximum atomic E-state index is 10.0. The predicted molar refractivity (Wildman–Crippen MR) is 74.0 cm³/mol. The molecule has 0 atom stereocenters. The van der Waals surface area contributed by atoms with E-state index in [1.54, 1.807) is 12.1 Å². The first kappa shape index (κ1) is 12.1. The van der Waals surface area contributed by atoms with Crippen molar-refractivity contribution in [2.75, 3.05) is 6.54 Å². The first-order chi connectivity index (χ1) is 8.90. The van der Waals surface area contributed by atoms with Crippen molar-refractivity contribution in [1.82, 2.24) is 4.90 Å². The highest BCUT2D eigenvalue weighted by molar-refractivity contribution is 5.74. The van der Waals surface area contributed by atoms with E-state index in [2.05, 4.69) is 47.6 Å². The maximum Gasteiger partial charge on any atom is 0.150 e. The highest BCUT2D eigenvalue weighted by Gasteiger charge is 2.05. The molecule has 2 nitrogen and oxygen atoms in total. The summed E-state index contributed by atoms with van der Waals surface area (Å²) in [7, 11) is 0. The van der Waals surface area contributed by atoms with Gasteiger partial charge in [0.25, 0.3) is 0 Å². The van der Waals surface area contributed by atoms with Crippen molar-refractivity contribution in [3.8, 4) is 0 Å². The molecule has 2 aliphatic rings. The highest BCUT2D eigenvalue weighted by Crippen LogP contribution is 2.14. The van der Waals surface area contributed by atoms with Gasteiger partial charge in [0.1, 0.15) is 6.29 Å². The van der Waals surface area contributed by atoms with E-state index in [-0.39, 0.29) is 0 Å². The first-order valence-electron chi connectivity index (χ1n) is 5.89. The summed E-state index contributed by atoms with van der Waals surface area (Å²) < 4.78 is 0. The van der Waals surface area contributed by atoms with E-state index in [9.17, 15) is 4.79 Å². The Morgan fingerprint density at radius 3 is 2.56 bits per heavy atom. The molecule has 0 N–H and O–H groups in total. The van der Waals surface area contributed by atoms with Crippen LogP contribution in [0.5, 0.6) is 0 Å². The Morgan fingerprint density at radius 1 is 1.06 bits per heavy atom. The molecular formula is C16H15NO. The van der Waals surface area contributed by atoms with Gasteiger partial charge < -0.3 is 4.90 Å². The molecule has 1 aromatic carbocycles. The molecule has 3 rings (SSSR count). The molecule has 2 heterocycles. The third kappa shape index (κ3) is 3.32. The van der Waals surface area contributed by atoms with Gasteiger partial charge in [-0.25, -0.2) is 0 Å². The number of benzene rings is 1. The van der Waals surface area contributed by atoms with Crippen LogP contribution in [-0.2, 0) is 0 Å². The van der Waals surface area contributed by atoms with Gasteiger partial charge in [0, 0.05) is 24.0 Å². The third-order valence-electron chi connectivity index (χ3n) is 2.62. The lowest BCUT2D eigenvalue weighted by Gasteiger charge is -2.23. The van der Waals surface area contributed by atoms with Crippen LogP contribution in [0.3, 0.4) is 0 Å². The largest absolute Gasteiger partial charge is 0.344 e. The lowest BCUT2D eigenvalue weighted by Crippen LogP contribution is -2.18. The molecule has 2 heteroatoms. The van der Waals surface area contributed by atoms with Crippen LogP contribution in [0.15, 0.2) is 78.7 Å². The minimum absolute atomic E-state index is 0.729.